The van der Waals surface area contributed by atoms with Crippen LogP contribution in [-0.2, 0) is 15.4 Å². The van der Waals surface area contributed by atoms with Gasteiger partial charge in [0.15, 0.2) is 0 Å². The molecule has 66 valence electrons. The fraction of sp³-hybridized carbons (Fsp3) is 0.143. The van der Waals surface area contributed by atoms with Crippen molar-refractivity contribution in [2.45, 2.75) is 10.2 Å². The fourth-order valence-corrected chi connectivity index (χ4v) is 1.59. The minimum Gasteiger partial charge on any atom is -0.744 e. The Morgan fingerprint density at radius 1 is 1.23 bits per heavy atom. The van der Waals surface area contributed by atoms with Crippen molar-refractivity contribution < 1.29 is 42.5 Å². The van der Waals surface area contributed by atoms with Gasteiger partial charge in [-0.05, 0) is 17.7 Å². The molecular weight excluding hydrogens is 267 g/mol. The average Bonchev–Trinajstić information content (AvgIpc) is 2.03. The number of rotatable bonds is 2. The maximum Gasteiger partial charge on any atom is 1.00 e. The molecule has 0 N–H and O–H groups in total. The summed E-state index contributed by atoms with van der Waals surface area (Å²) < 4.78 is 31.4. The van der Waals surface area contributed by atoms with Gasteiger partial charge in [0.1, 0.15) is 10.1 Å². The van der Waals surface area contributed by atoms with Crippen LogP contribution in [-0.4, -0.2) is 13.0 Å². The van der Waals surface area contributed by atoms with Crippen LogP contribution in [0.3, 0.4) is 0 Å². The van der Waals surface area contributed by atoms with Crippen LogP contribution in [0.25, 0.3) is 0 Å². The average molecular weight is 273 g/mol. The molecule has 0 saturated carbocycles. The molecule has 0 unspecified atom stereocenters. The van der Waals surface area contributed by atoms with Gasteiger partial charge in [-0.25, -0.2) is 8.42 Å². The predicted molar refractivity (Wildman–Crippen MR) is 47.0 cm³/mol. The number of hydrogen-bond donors (Lipinski definition) is 0. The van der Waals surface area contributed by atoms with E-state index in [0.29, 0.717) is 5.33 Å². The molecule has 0 heterocycles. The van der Waals surface area contributed by atoms with Crippen LogP contribution in [0.1, 0.15) is 5.56 Å². The summed E-state index contributed by atoms with van der Waals surface area (Å²) in [5.74, 6) is 0. The van der Waals surface area contributed by atoms with E-state index in [1.807, 2.05) is 0 Å². The van der Waals surface area contributed by atoms with E-state index in [1.165, 1.54) is 12.1 Å². The van der Waals surface area contributed by atoms with E-state index in [1.54, 1.807) is 12.1 Å². The first-order valence-corrected chi connectivity index (χ1v) is 5.68. The zero-order valence-corrected chi connectivity index (χ0v) is 11.4. The van der Waals surface area contributed by atoms with Gasteiger partial charge >= 0.3 is 29.6 Å². The van der Waals surface area contributed by atoms with Gasteiger partial charge in [0, 0.05) is 5.33 Å². The van der Waals surface area contributed by atoms with Crippen molar-refractivity contribution in [3.05, 3.63) is 29.8 Å². The summed E-state index contributed by atoms with van der Waals surface area (Å²) in [4.78, 5) is -0.188. The maximum atomic E-state index is 10.5. The van der Waals surface area contributed by atoms with Crippen LogP contribution in [0.2, 0.25) is 0 Å². The number of halogens is 1. The van der Waals surface area contributed by atoms with E-state index in [4.69, 9.17) is 0 Å². The molecule has 1 rings (SSSR count). The predicted octanol–water partition coefficient (Wildman–Crippen LogP) is -1.51. The third kappa shape index (κ3) is 4.10. The van der Waals surface area contributed by atoms with Crippen molar-refractivity contribution in [2.24, 2.45) is 0 Å². The van der Waals surface area contributed by atoms with E-state index < -0.39 is 10.1 Å². The van der Waals surface area contributed by atoms with Crippen LogP contribution in [0.15, 0.2) is 29.2 Å². The number of hydrogen-bond acceptors (Lipinski definition) is 3. The van der Waals surface area contributed by atoms with Gasteiger partial charge in [-0.1, -0.05) is 28.1 Å². The summed E-state index contributed by atoms with van der Waals surface area (Å²) in [6.07, 6.45) is 0. The molecule has 0 aliphatic heterocycles. The molecule has 3 nitrogen and oxygen atoms in total. The summed E-state index contributed by atoms with van der Waals surface area (Å²) in [6.45, 7) is 0. The Morgan fingerprint density at radius 2 is 1.69 bits per heavy atom. The first-order chi connectivity index (χ1) is 5.54. The zero-order chi connectivity index (χ0) is 9.19. The van der Waals surface area contributed by atoms with Crippen LogP contribution in [0.5, 0.6) is 0 Å². The molecule has 1 aromatic carbocycles. The summed E-state index contributed by atoms with van der Waals surface area (Å²) in [5.41, 5.74) is 0.933. The first kappa shape index (κ1) is 13.6. The van der Waals surface area contributed by atoms with Gasteiger partial charge in [-0.3, -0.25) is 0 Å². The third-order valence-corrected chi connectivity index (χ3v) is 2.86. The Balaban J connectivity index is 0.00000144. The molecule has 0 fully saturated rings. The van der Waals surface area contributed by atoms with E-state index in [9.17, 15) is 13.0 Å². The number of benzene rings is 1. The summed E-state index contributed by atoms with van der Waals surface area (Å²) in [5, 5.41) is 0.645. The van der Waals surface area contributed by atoms with Gasteiger partial charge in [0.05, 0.1) is 4.90 Å². The van der Waals surface area contributed by atoms with Crippen molar-refractivity contribution in [1.82, 2.24) is 0 Å². The monoisotopic (exact) mass is 272 g/mol. The maximum absolute atomic E-state index is 10.5. The first-order valence-electron chi connectivity index (χ1n) is 3.15. The largest absolute Gasteiger partial charge is 1.00 e. The van der Waals surface area contributed by atoms with Gasteiger partial charge in [0.25, 0.3) is 0 Å². The van der Waals surface area contributed by atoms with Crippen molar-refractivity contribution in [1.29, 1.82) is 0 Å². The molecule has 0 radical (unpaired) electrons. The second-order valence-corrected chi connectivity index (χ2v) is 4.17. The number of alkyl halides is 1. The molecule has 13 heavy (non-hydrogen) atoms. The molecule has 0 amide bonds. The molecule has 6 heteroatoms. The smallest absolute Gasteiger partial charge is 0.744 e. The van der Waals surface area contributed by atoms with Crippen molar-refractivity contribution >= 4 is 26.0 Å². The second-order valence-electron chi connectivity index (χ2n) is 2.23. The molecule has 0 aliphatic rings. The van der Waals surface area contributed by atoms with E-state index in [2.05, 4.69) is 15.9 Å². The van der Waals surface area contributed by atoms with Gasteiger partial charge in [-0.15, -0.1) is 0 Å². The zero-order valence-electron chi connectivity index (χ0n) is 7.03. The topological polar surface area (TPSA) is 57.2 Å². The minimum atomic E-state index is -4.29. The summed E-state index contributed by atoms with van der Waals surface area (Å²) >= 11 is 3.20. The normalized spacial score (nSPS) is 10.6. The molecule has 0 bridgehead atoms. The molecule has 1 aromatic rings. The van der Waals surface area contributed by atoms with Crippen LogP contribution < -0.4 is 29.6 Å². The Morgan fingerprint density at radius 3 is 2.00 bits per heavy atom. The van der Waals surface area contributed by atoms with Gasteiger partial charge < -0.3 is 4.55 Å². The quantitative estimate of drug-likeness (QED) is 0.374. The van der Waals surface area contributed by atoms with Gasteiger partial charge in [0.2, 0.25) is 0 Å². The van der Waals surface area contributed by atoms with Crippen LogP contribution in [0, 0.1) is 0 Å². The van der Waals surface area contributed by atoms with Crippen molar-refractivity contribution in [2.75, 3.05) is 0 Å². The molecule has 0 atom stereocenters. The molecule has 0 saturated heterocycles. The standard InChI is InChI=1S/C7H7BrO3S.Na/c8-5-6-1-3-7(4-2-6)12(9,10)11;/h1-4H,5H2,(H,9,10,11);/q;+1/p-1. The molecule has 0 spiro atoms. The van der Waals surface area contributed by atoms with Gasteiger partial charge in [-0.2, -0.15) is 0 Å². The van der Waals surface area contributed by atoms with E-state index in [-0.39, 0.29) is 34.5 Å². The fourth-order valence-electron chi connectivity index (χ4n) is 0.745. The summed E-state index contributed by atoms with van der Waals surface area (Å²) in [6, 6.07) is 5.80. The van der Waals surface area contributed by atoms with E-state index >= 15 is 0 Å². The summed E-state index contributed by atoms with van der Waals surface area (Å²) in [7, 11) is -4.29. The van der Waals surface area contributed by atoms with Crippen molar-refractivity contribution in [3.8, 4) is 0 Å². The van der Waals surface area contributed by atoms with Crippen LogP contribution in [0.4, 0.5) is 0 Å². The third-order valence-electron chi connectivity index (χ3n) is 1.37. The second kappa shape index (κ2) is 5.48. The Hall–Kier alpha value is 0.610. The SMILES string of the molecule is O=S(=O)([O-])c1ccc(CBr)cc1.[Na+]. The minimum absolute atomic E-state index is 0. The molecule has 0 aliphatic carbocycles. The van der Waals surface area contributed by atoms with Crippen molar-refractivity contribution in [3.63, 3.8) is 0 Å². The Kier molecular flexibility index (Phi) is 5.74. The molecular formula is C7H6BrNaO3S. The van der Waals surface area contributed by atoms with Crippen LogP contribution >= 0.6 is 15.9 Å². The molecule has 0 aromatic heterocycles. The Bertz CT molecular complexity index is 360. The Labute approximate surface area is 108 Å². The van der Waals surface area contributed by atoms with E-state index in [0.717, 1.165) is 5.56 Å².